The SMILES string of the molecule is OC([CH]Cc1ccccc1)C1c2ccccc2-c2cccc3cccc1c23. The normalized spacial score (nSPS) is 16.1. The molecule has 4 aromatic carbocycles. The second-order valence-electron chi connectivity index (χ2n) is 7.23. The van der Waals surface area contributed by atoms with Gasteiger partial charge < -0.3 is 5.11 Å². The summed E-state index contributed by atoms with van der Waals surface area (Å²) in [6.45, 7) is 0. The largest absolute Gasteiger partial charge is 0.392 e. The van der Waals surface area contributed by atoms with Gasteiger partial charge in [0.25, 0.3) is 0 Å². The zero-order valence-corrected chi connectivity index (χ0v) is 15.0. The van der Waals surface area contributed by atoms with Crippen LogP contribution in [0, 0.1) is 6.42 Å². The Bertz CT molecular complexity index is 1090. The summed E-state index contributed by atoms with van der Waals surface area (Å²) in [6.07, 6.45) is 2.27. The van der Waals surface area contributed by atoms with Crippen LogP contribution in [-0.2, 0) is 6.42 Å². The smallest absolute Gasteiger partial charge is 0.0684 e. The van der Waals surface area contributed by atoms with Gasteiger partial charge in [0.05, 0.1) is 6.10 Å². The van der Waals surface area contributed by atoms with Crippen molar-refractivity contribution < 1.29 is 5.11 Å². The Morgan fingerprint density at radius 3 is 2.22 bits per heavy atom. The second kappa shape index (κ2) is 6.68. The Kier molecular flexibility index (Phi) is 4.03. The van der Waals surface area contributed by atoms with E-state index in [1.807, 2.05) is 24.6 Å². The summed E-state index contributed by atoms with van der Waals surface area (Å²) < 4.78 is 0. The van der Waals surface area contributed by atoms with Crippen molar-refractivity contribution in [2.75, 3.05) is 0 Å². The lowest BCUT2D eigenvalue weighted by molar-refractivity contribution is 0.186. The quantitative estimate of drug-likeness (QED) is 0.496. The Morgan fingerprint density at radius 1 is 0.704 bits per heavy atom. The van der Waals surface area contributed by atoms with Crippen LogP contribution in [0.2, 0.25) is 0 Å². The van der Waals surface area contributed by atoms with E-state index in [1.165, 1.54) is 38.6 Å². The third-order valence-corrected chi connectivity index (χ3v) is 5.64. The molecular weight excluding hydrogens is 328 g/mol. The molecule has 1 N–H and O–H groups in total. The van der Waals surface area contributed by atoms with Crippen LogP contribution in [0.4, 0.5) is 0 Å². The number of aliphatic hydroxyl groups excluding tert-OH is 1. The average molecular weight is 349 g/mol. The van der Waals surface area contributed by atoms with E-state index in [9.17, 15) is 5.11 Å². The van der Waals surface area contributed by atoms with Gasteiger partial charge in [0.15, 0.2) is 0 Å². The van der Waals surface area contributed by atoms with Gasteiger partial charge in [-0.25, -0.2) is 0 Å². The van der Waals surface area contributed by atoms with Crippen LogP contribution >= 0.6 is 0 Å². The predicted molar refractivity (Wildman–Crippen MR) is 112 cm³/mol. The van der Waals surface area contributed by atoms with Crippen LogP contribution in [0.15, 0.2) is 91.0 Å². The summed E-state index contributed by atoms with van der Waals surface area (Å²) in [6, 6.07) is 31.7. The van der Waals surface area contributed by atoms with Gasteiger partial charge in [-0.05, 0) is 51.4 Å². The van der Waals surface area contributed by atoms with E-state index < -0.39 is 6.10 Å². The topological polar surface area (TPSA) is 20.2 Å². The molecule has 0 aromatic heterocycles. The maximum atomic E-state index is 11.2. The first-order valence-electron chi connectivity index (χ1n) is 9.49. The minimum Gasteiger partial charge on any atom is -0.392 e. The van der Waals surface area contributed by atoms with E-state index in [4.69, 9.17) is 0 Å². The monoisotopic (exact) mass is 349 g/mol. The maximum absolute atomic E-state index is 11.2. The summed E-state index contributed by atoms with van der Waals surface area (Å²) >= 11 is 0. The van der Waals surface area contributed by atoms with E-state index in [1.54, 1.807) is 0 Å². The average Bonchev–Trinajstić information content (AvgIpc) is 2.73. The molecule has 0 saturated heterocycles. The first-order chi connectivity index (χ1) is 13.3. The maximum Gasteiger partial charge on any atom is 0.0684 e. The Balaban J connectivity index is 1.60. The third-order valence-electron chi connectivity index (χ3n) is 5.64. The summed E-state index contributed by atoms with van der Waals surface area (Å²) in [7, 11) is 0. The number of benzene rings is 4. The van der Waals surface area contributed by atoms with Gasteiger partial charge in [0.2, 0.25) is 0 Å². The first kappa shape index (κ1) is 16.3. The standard InChI is InChI=1S/C26H21O/c27-24(17-16-18-8-2-1-3-9-18)26-22-13-5-4-12-20(22)21-14-6-10-19-11-7-15-23(26)25(19)21/h1-15,17,24,26-27H,16H2. The van der Waals surface area contributed by atoms with Crippen molar-refractivity contribution in [3.63, 3.8) is 0 Å². The molecule has 0 aliphatic heterocycles. The van der Waals surface area contributed by atoms with E-state index in [2.05, 4.69) is 72.8 Å². The predicted octanol–water partition coefficient (Wildman–Crippen LogP) is 5.76. The molecule has 5 rings (SSSR count). The molecule has 0 bridgehead atoms. The molecule has 0 spiro atoms. The number of fused-ring (bicyclic) bond motifs is 2. The van der Waals surface area contributed by atoms with Crippen LogP contribution in [0.25, 0.3) is 21.9 Å². The molecule has 4 aromatic rings. The van der Waals surface area contributed by atoms with Crippen molar-refractivity contribution >= 4 is 10.8 Å². The highest BCUT2D eigenvalue weighted by atomic mass is 16.3. The molecule has 27 heavy (non-hydrogen) atoms. The molecule has 1 heteroatoms. The van der Waals surface area contributed by atoms with Crippen molar-refractivity contribution in [2.24, 2.45) is 0 Å². The van der Waals surface area contributed by atoms with Crippen LogP contribution in [0.3, 0.4) is 0 Å². The van der Waals surface area contributed by atoms with Gasteiger partial charge in [-0.15, -0.1) is 0 Å². The fourth-order valence-electron chi connectivity index (χ4n) is 4.41. The van der Waals surface area contributed by atoms with Crippen LogP contribution < -0.4 is 0 Å². The van der Waals surface area contributed by atoms with Gasteiger partial charge in [0.1, 0.15) is 0 Å². The van der Waals surface area contributed by atoms with Gasteiger partial charge in [-0.3, -0.25) is 0 Å². The molecule has 0 heterocycles. The molecule has 2 atom stereocenters. The molecule has 1 nitrogen and oxygen atoms in total. The number of rotatable bonds is 4. The number of hydrogen-bond acceptors (Lipinski definition) is 1. The third kappa shape index (κ3) is 2.75. The molecule has 0 fully saturated rings. The van der Waals surface area contributed by atoms with Gasteiger partial charge >= 0.3 is 0 Å². The van der Waals surface area contributed by atoms with E-state index in [-0.39, 0.29) is 5.92 Å². The summed E-state index contributed by atoms with van der Waals surface area (Å²) in [4.78, 5) is 0. The van der Waals surface area contributed by atoms with Crippen LogP contribution in [0.1, 0.15) is 22.6 Å². The highest BCUT2D eigenvalue weighted by Crippen LogP contribution is 2.46. The highest BCUT2D eigenvalue weighted by molar-refractivity contribution is 6.02. The molecular formula is C26H21O. The number of aliphatic hydroxyl groups is 1. The van der Waals surface area contributed by atoms with Crippen LogP contribution in [-0.4, -0.2) is 11.2 Å². The summed E-state index contributed by atoms with van der Waals surface area (Å²) in [5.74, 6) is -0.0384. The minimum absolute atomic E-state index is 0.0384. The van der Waals surface area contributed by atoms with Crippen molar-refractivity contribution in [3.05, 3.63) is 114 Å². The van der Waals surface area contributed by atoms with Crippen molar-refractivity contribution in [3.8, 4) is 11.1 Å². The minimum atomic E-state index is -0.537. The van der Waals surface area contributed by atoms with Gasteiger partial charge in [-0.1, -0.05) is 91.0 Å². The lowest BCUT2D eigenvalue weighted by atomic mass is 9.74. The second-order valence-corrected chi connectivity index (χ2v) is 7.23. The molecule has 0 saturated carbocycles. The molecule has 1 aliphatic carbocycles. The van der Waals surface area contributed by atoms with Gasteiger partial charge in [0, 0.05) is 5.92 Å². The first-order valence-corrected chi connectivity index (χ1v) is 9.49. The fraction of sp³-hybridized carbons (Fsp3) is 0.115. The van der Waals surface area contributed by atoms with Crippen LogP contribution in [0.5, 0.6) is 0 Å². The van der Waals surface area contributed by atoms with Crippen molar-refractivity contribution in [1.82, 2.24) is 0 Å². The lowest BCUT2D eigenvalue weighted by Crippen LogP contribution is -2.24. The summed E-state index contributed by atoms with van der Waals surface area (Å²) in [5, 5.41) is 13.7. The molecule has 2 unspecified atom stereocenters. The highest BCUT2D eigenvalue weighted by Gasteiger charge is 2.31. The van der Waals surface area contributed by atoms with E-state index in [0.29, 0.717) is 0 Å². The molecule has 1 radical (unpaired) electrons. The Morgan fingerprint density at radius 2 is 1.37 bits per heavy atom. The van der Waals surface area contributed by atoms with Crippen molar-refractivity contribution in [2.45, 2.75) is 18.4 Å². The molecule has 0 amide bonds. The Hall–Kier alpha value is -2.90. The fourth-order valence-corrected chi connectivity index (χ4v) is 4.41. The summed E-state index contributed by atoms with van der Waals surface area (Å²) in [5.41, 5.74) is 6.16. The van der Waals surface area contributed by atoms with E-state index in [0.717, 1.165) is 6.42 Å². The van der Waals surface area contributed by atoms with Gasteiger partial charge in [-0.2, -0.15) is 0 Å². The van der Waals surface area contributed by atoms with E-state index >= 15 is 0 Å². The molecule has 1 aliphatic rings. The lowest BCUT2D eigenvalue weighted by Gasteiger charge is -2.32. The zero-order valence-electron chi connectivity index (χ0n) is 15.0. The number of hydrogen-bond donors (Lipinski definition) is 1. The zero-order chi connectivity index (χ0) is 18.2. The molecule has 131 valence electrons. The van der Waals surface area contributed by atoms with Crippen molar-refractivity contribution in [1.29, 1.82) is 0 Å². The Labute approximate surface area is 159 Å².